The number of benzene rings is 2. The van der Waals surface area contributed by atoms with Gasteiger partial charge in [-0.05, 0) is 37.6 Å². The number of allylic oxidation sites excluding steroid dienone is 1. The lowest BCUT2D eigenvalue weighted by Crippen LogP contribution is -2.19. The molecular weight excluding hydrogens is 310 g/mol. The van der Waals surface area contributed by atoms with Crippen LogP contribution in [0.2, 0.25) is 0 Å². The number of amides is 1. The fraction of sp³-hybridized carbons (Fsp3) is 0.0952. The first kappa shape index (κ1) is 16.6. The van der Waals surface area contributed by atoms with E-state index in [4.69, 9.17) is 0 Å². The highest BCUT2D eigenvalue weighted by molar-refractivity contribution is 6.07. The molecule has 124 valence electrons. The van der Waals surface area contributed by atoms with Gasteiger partial charge in [0, 0.05) is 11.1 Å². The number of fused-ring (bicyclic) bond motifs is 1. The third-order valence-electron chi connectivity index (χ3n) is 3.74. The molecule has 0 atom stereocenters. The second-order valence-electron chi connectivity index (χ2n) is 5.77. The van der Waals surface area contributed by atoms with Gasteiger partial charge in [0.1, 0.15) is 0 Å². The number of nitrogens with one attached hydrogen (secondary N) is 1. The SMILES string of the molecule is CC(/C=C/c1ccccc1)=NNC(=O)c1cc(C)nc2ccccc12. The van der Waals surface area contributed by atoms with Crippen LogP contribution >= 0.6 is 0 Å². The van der Waals surface area contributed by atoms with E-state index in [1.807, 2.05) is 80.6 Å². The van der Waals surface area contributed by atoms with Crippen molar-refractivity contribution in [3.63, 3.8) is 0 Å². The quantitative estimate of drug-likeness (QED) is 0.571. The van der Waals surface area contributed by atoms with Crippen molar-refractivity contribution in [2.24, 2.45) is 5.10 Å². The van der Waals surface area contributed by atoms with Crippen molar-refractivity contribution < 1.29 is 4.79 Å². The molecule has 1 heterocycles. The molecule has 1 aromatic heterocycles. The van der Waals surface area contributed by atoms with Crippen LogP contribution in [0.5, 0.6) is 0 Å². The molecule has 0 saturated heterocycles. The van der Waals surface area contributed by atoms with Gasteiger partial charge in [-0.3, -0.25) is 9.78 Å². The number of para-hydroxylation sites is 1. The lowest BCUT2D eigenvalue weighted by molar-refractivity contribution is 0.0956. The van der Waals surface area contributed by atoms with Gasteiger partial charge in [-0.15, -0.1) is 0 Å². The minimum atomic E-state index is -0.242. The van der Waals surface area contributed by atoms with Gasteiger partial charge in [-0.1, -0.05) is 54.6 Å². The van der Waals surface area contributed by atoms with Gasteiger partial charge in [0.15, 0.2) is 0 Å². The van der Waals surface area contributed by atoms with Gasteiger partial charge in [0.2, 0.25) is 0 Å². The van der Waals surface area contributed by atoms with Crippen LogP contribution in [-0.2, 0) is 0 Å². The number of hydrogen-bond donors (Lipinski definition) is 1. The summed E-state index contributed by atoms with van der Waals surface area (Å²) >= 11 is 0. The maximum Gasteiger partial charge on any atom is 0.272 e. The topological polar surface area (TPSA) is 54.4 Å². The molecule has 0 aliphatic heterocycles. The number of aryl methyl sites for hydroxylation is 1. The molecule has 1 N–H and O–H groups in total. The minimum absolute atomic E-state index is 0.242. The fourth-order valence-corrected chi connectivity index (χ4v) is 2.51. The highest BCUT2D eigenvalue weighted by Crippen LogP contribution is 2.18. The summed E-state index contributed by atoms with van der Waals surface area (Å²) < 4.78 is 0. The largest absolute Gasteiger partial charge is 0.272 e. The molecule has 0 aliphatic rings. The Morgan fingerprint density at radius 2 is 1.80 bits per heavy atom. The first-order valence-electron chi connectivity index (χ1n) is 8.07. The predicted molar refractivity (Wildman–Crippen MR) is 103 cm³/mol. The number of carbonyl (C=O) groups is 1. The smallest absolute Gasteiger partial charge is 0.267 e. The lowest BCUT2D eigenvalue weighted by Gasteiger charge is -2.06. The van der Waals surface area contributed by atoms with E-state index < -0.39 is 0 Å². The molecule has 0 aliphatic carbocycles. The Kier molecular flexibility index (Phi) is 5.00. The van der Waals surface area contributed by atoms with Crippen molar-refractivity contribution in [2.75, 3.05) is 0 Å². The number of carbonyl (C=O) groups excluding carboxylic acids is 1. The molecule has 4 nitrogen and oxygen atoms in total. The van der Waals surface area contributed by atoms with Crippen LogP contribution in [0.25, 0.3) is 17.0 Å². The van der Waals surface area contributed by atoms with Crippen molar-refractivity contribution >= 4 is 28.6 Å². The summed E-state index contributed by atoms with van der Waals surface area (Å²) in [5, 5.41) is 4.98. The van der Waals surface area contributed by atoms with Gasteiger partial charge < -0.3 is 0 Å². The van der Waals surface area contributed by atoms with Crippen LogP contribution in [0, 0.1) is 6.92 Å². The summed E-state index contributed by atoms with van der Waals surface area (Å²) in [5.41, 5.74) is 6.60. The van der Waals surface area contributed by atoms with Crippen LogP contribution < -0.4 is 5.43 Å². The van der Waals surface area contributed by atoms with E-state index in [1.165, 1.54) is 0 Å². The van der Waals surface area contributed by atoms with Gasteiger partial charge in [0.25, 0.3) is 5.91 Å². The second-order valence-corrected chi connectivity index (χ2v) is 5.77. The number of hydrazone groups is 1. The molecular formula is C21H19N3O. The van der Waals surface area contributed by atoms with Gasteiger partial charge in [-0.2, -0.15) is 5.10 Å². The molecule has 3 aromatic rings. The molecule has 3 rings (SSSR count). The van der Waals surface area contributed by atoms with Crippen LogP contribution in [0.3, 0.4) is 0 Å². The molecule has 0 bridgehead atoms. The van der Waals surface area contributed by atoms with E-state index in [-0.39, 0.29) is 5.91 Å². The van der Waals surface area contributed by atoms with Crippen LogP contribution in [-0.4, -0.2) is 16.6 Å². The second kappa shape index (κ2) is 7.53. The third kappa shape index (κ3) is 4.18. The fourth-order valence-electron chi connectivity index (χ4n) is 2.51. The van der Waals surface area contributed by atoms with Crippen molar-refractivity contribution in [1.82, 2.24) is 10.4 Å². The Bertz CT molecular complexity index is 959. The average molecular weight is 329 g/mol. The summed E-state index contributed by atoms with van der Waals surface area (Å²) in [6.45, 7) is 3.72. The average Bonchev–Trinajstić information content (AvgIpc) is 2.64. The van der Waals surface area contributed by atoms with Gasteiger partial charge in [0.05, 0.1) is 16.8 Å². The molecule has 0 fully saturated rings. The number of nitrogens with zero attached hydrogens (tertiary/aromatic N) is 2. The number of aromatic nitrogens is 1. The highest BCUT2D eigenvalue weighted by Gasteiger charge is 2.11. The summed E-state index contributed by atoms with van der Waals surface area (Å²) in [5.74, 6) is -0.242. The molecule has 0 saturated carbocycles. The van der Waals surface area contributed by atoms with Gasteiger partial charge >= 0.3 is 0 Å². The van der Waals surface area contributed by atoms with E-state index in [0.717, 1.165) is 22.2 Å². The Morgan fingerprint density at radius 3 is 2.60 bits per heavy atom. The van der Waals surface area contributed by atoms with Crippen molar-refractivity contribution in [2.45, 2.75) is 13.8 Å². The van der Waals surface area contributed by atoms with Crippen molar-refractivity contribution in [3.8, 4) is 0 Å². The molecule has 0 radical (unpaired) electrons. The zero-order chi connectivity index (χ0) is 17.6. The molecule has 4 heteroatoms. The van der Waals surface area contributed by atoms with E-state index in [9.17, 15) is 4.79 Å². The van der Waals surface area contributed by atoms with Crippen molar-refractivity contribution in [1.29, 1.82) is 0 Å². The number of pyridine rings is 1. The summed E-state index contributed by atoms with van der Waals surface area (Å²) in [6.07, 6.45) is 3.82. The maximum atomic E-state index is 12.5. The summed E-state index contributed by atoms with van der Waals surface area (Å²) in [7, 11) is 0. The van der Waals surface area contributed by atoms with Gasteiger partial charge in [-0.25, -0.2) is 5.43 Å². The van der Waals surface area contributed by atoms with Crippen LogP contribution in [0.1, 0.15) is 28.5 Å². The third-order valence-corrected chi connectivity index (χ3v) is 3.74. The molecule has 1 amide bonds. The summed E-state index contributed by atoms with van der Waals surface area (Å²) in [4.78, 5) is 17.0. The van der Waals surface area contributed by atoms with E-state index in [0.29, 0.717) is 11.3 Å². The molecule has 0 spiro atoms. The Morgan fingerprint density at radius 1 is 1.08 bits per heavy atom. The number of hydrogen-bond acceptors (Lipinski definition) is 3. The van der Waals surface area contributed by atoms with Crippen LogP contribution in [0.4, 0.5) is 0 Å². The molecule has 2 aromatic carbocycles. The Balaban J connectivity index is 1.77. The molecule has 0 unspecified atom stereocenters. The monoisotopic (exact) mass is 329 g/mol. The normalized spacial score (nSPS) is 11.8. The summed E-state index contributed by atoms with van der Waals surface area (Å²) in [6, 6.07) is 19.3. The molecule has 25 heavy (non-hydrogen) atoms. The van der Waals surface area contributed by atoms with E-state index >= 15 is 0 Å². The first-order valence-corrected chi connectivity index (χ1v) is 8.07. The Hall–Kier alpha value is -3.27. The standard InChI is InChI=1S/C21H19N3O/c1-15(12-13-17-8-4-3-5-9-17)23-24-21(25)19-14-16(2)22-20-11-7-6-10-18(19)20/h3-14H,1-2H3,(H,24,25)/b13-12+,23-15?. The zero-order valence-corrected chi connectivity index (χ0v) is 14.2. The zero-order valence-electron chi connectivity index (χ0n) is 14.2. The van der Waals surface area contributed by atoms with E-state index in [1.54, 1.807) is 6.07 Å². The predicted octanol–water partition coefficient (Wildman–Crippen LogP) is 4.36. The Labute approximate surface area is 146 Å². The maximum absolute atomic E-state index is 12.5. The van der Waals surface area contributed by atoms with E-state index in [2.05, 4.69) is 15.5 Å². The lowest BCUT2D eigenvalue weighted by atomic mass is 10.1. The van der Waals surface area contributed by atoms with Crippen LogP contribution in [0.15, 0.2) is 71.8 Å². The number of rotatable bonds is 4. The van der Waals surface area contributed by atoms with Crippen molar-refractivity contribution in [3.05, 3.63) is 83.6 Å². The first-order chi connectivity index (χ1) is 12.1. The minimum Gasteiger partial charge on any atom is -0.267 e. The highest BCUT2D eigenvalue weighted by atomic mass is 16.2.